The van der Waals surface area contributed by atoms with Crippen LogP contribution in [0, 0.1) is 0 Å². The number of carboxylic acid groups (broad SMARTS) is 1. The molecule has 1 aromatic heterocycles. The average molecular weight is 248 g/mol. The smallest absolute Gasteiger partial charge is 0.324 e. The van der Waals surface area contributed by atoms with Gasteiger partial charge in [0.1, 0.15) is 5.54 Å². The summed E-state index contributed by atoms with van der Waals surface area (Å²) in [5.74, 6) is -0.673. The van der Waals surface area contributed by atoms with Gasteiger partial charge in [-0.3, -0.25) is 14.7 Å². The second-order valence-corrected chi connectivity index (χ2v) is 4.89. The number of pyridine rings is 1. The molecule has 1 saturated heterocycles. The summed E-state index contributed by atoms with van der Waals surface area (Å²) in [4.78, 5) is 17.7. The van der Waals surface area contributed by atoms with Gasteiger partial charge in [0, 0.05) is 18.9 Å². The van der Waals surface area contributed by atoms with Crippen LogP contribution in [-0.2, 0) is 11.2 Å². The second-order valence-electron chi connectivity index (χ2n) is 4.89. The number of nitrogens with zero attached hydrogens (tertiary/aromatic N) is 2. The van der Waals surface area contributed by atoms with Crippen LogP contribution in [0.25, 0.3) is 0 Å². The van der Waals surface area contributed by atoms with E-state index in [0.717, 1.165) is 32.4 Å². The van der Waals surface area contributed by atoms with Crippen molar-refractivity contribution >= 4 is 5.97 Å². The third kappa shape index (κ3) is 2.38. The quantitative estimate of drug-likeness (QED) is 0.865. The van der Waals surface area contributed by atoms with Gasteiger partial charge in [-0.15, -0.1) is 0 Å². The van der Waals surface area contributed by atoms with Gasteiger partial charge in [0.25, 0.3) is 0 Å². The van der Waals surface area contributed by atoms with Crippen molar-refractivity contribution in [2.24, 2.45) is 0 Å². The zero-order valence-electron chi connectivity index (χ0n) is 10.8. The molecule has 1 N–H and O–H groups in total. The van der Waals surface area contributed by atoms with Gasteiger partial charge in [-0.1, -0.05) is 13.0 Å². The molecule has 0 aliphatic carbocycles. The summed E-state index contributed by atoms with van der Waals surface area (Å²) in [6.45, 7) is 3.66. The third-order valence-electron chi connectivity index (χ3n) is 4.00. The predicted molar refractivity (Wildman–Crippen MR) is 69.4 cm³/mol. The fourth-order valence-corrected chi connectivity index (χ4v) is 2.86. The molecule has 0 aromatic carbocycles. The number of carboxylic acids is 1. The lowest BCUT2D eigenvalue weighted by atomic mass is 9.93. The first kappa shape index (κ1) is 13.0. The Balaban J connectivity index is 2.02. The summed E-state index contributed by atoms with van der Waals surface area (Å²) in [7, 11) is 0. The van der Waals surface area contributed by atoms with Crippen molar-refractivity contribution in [3.8, 4) is 0 Å². The Bertz CT molecular complexity index is 408. The Kier molecular flexibility index (Phi) is 3.97. The van der Waals surface area contributed by atoms with E-state index in [4.69, 9.17) is 0 Å². The monoisotopic (exact) mass is 248 g/mol. The van der Waals surface area contributed by atoms with E-state index in [1.165, 1.54) is 5.56 Å². The molecule has 1 aliphatic heterocycles. The number of hydrogen-bond donors (Lipinski definition) is 1. The number of likely N-dealkylation sites (tertiary alicyclic amines) is 1. The molecular weight excluding hydrogens is 228 g/mol. The highest BCUT2D eigenvalue weighted by Gasteiger charge is 2.45. The van der Waals surface area contributed by atoms with E-state index < -0.39 is 11.5 Å². The minimum atomic E-state index is -0.673. The molecule has 0 saturated carbocycles. The Morgan fingerprint density at radius 2 is 2.44 bits per heavy atom. The lowest BCUT2D eigenvalue weighted by molar-refractivity contribution is -0.150. The SMILES string of the molecule is CCC1(C(=O)O)CCCN1CCc1cccnc1. The van der Waals surface area contributed by atoms with Crippen LogP contribution in [-0.4, -0.2) is 39.6 Å². The minimum absolute atomic E-state index is 0.637. The Morgan fingerprint density at radius 3 is 3.06 bits per heavy atom. The summed E-state index contributed by atoms with van der Waals surface area (Å²) >= 11 is 0. The van der Waals surface area contributed by atoms with Crippen LogP contribution in [0.2, 0.25) is 0 Å². The van der Waals surface area contributed by atoms with Gasteiger partial charge in [0.05, 0.1) is 0 Å². The molecule has 1 aliphatic rings. The van der Waals surface area contributed by atoms with Crippen molar-refractivity contribution < 1.29 is 9.90 Å². The van der Waals surface area contributed by atoms with Crippen LogP contribution in [0.3, 0.4) is 0 Å². The van der Waals surface area contributed by atoms with E-state index in [0.29, 0.717) is 6.42 Å². The van der Waals surface area contributed by atoms with E-state index >= 15 is 0 Å². The summed E-state index contributed by atoms with van der Waals surface area (Å²) in [6, 6.07) is 3.96. The van der Waals surface area contributed by atoms with Gasteiger partial charge in [-0.05, 0) is 43.9 Å². The molecule has 1 atom stereocenters. The molecule has 2 rings (SSSR count). The molecule has 1 aromatic rings. The fraction of sp³-hybridized carbons (Fsp3) is 0.571. The van der Waals surface area contributed by atoms with Crippen LogP contribution in [0.4, 0.5) is 0 Å². The van der Waals surface area contributed by atoms with E-state index in [1.54, 1.807) is 6.20 Å². The minimum Gasteiger partial charge on any atom is -0.480 e. The van der Waals surface area contributed by atoms with E-state index in [2.05, 4.69) is 9.88 Å². The first-order chi connectivity index (χ1) is 8.69. The van der Waals surface area contributed by atoms with Crippen molar-refractivity contribution in [1.29, 1.82) is 0 Å². The number of aromatic nitrogens is 1. The zero-order valence-corrected chi connectivity index (χ0v) is 10.8. The van der Waals surface area contributed by atoms with Gasteiger partial charge < -0.3 is 5.11 Å². The summed E-state index contributed by atoms with van der Waals surface area (Å²) < 4.78 is 0. The molecule has 0 bridgehead atoms. The molecule has 98 valence electrons. The highest BCUT2D eigenvalue weighted by Crippen LogP contribution is 2.32. The first-order valence-electron chi connectivity index (χ1n) is 6.56. The maximum atomic E-state index is 11.5. The molecule has 0 amide bonds. The van der Waals surface area contributed by atoms with Crippen LogP contribution >= 0.6 is 0 Å². The van der Waals surface area contributed by atoms with Crippen molar-refractivity contribution in [2.45, 2.75) is 38.1 Å². The van der Waals surface area contributed by atoms with E-state index in [9.17, 15) is 9.90 Å². The van der Waals surface area contributed by atoms with Gasteiger partial charge >= 0.3 is 5.97 Å². The van der Waals surface area contributed by atoms with Crippen molar-refractivity contribution in [1.82, 2.24) is 9.88 Å². The fourth-order valence-electron chi connectivity index (χ4n) is 2.86. The lowest BCUT2D eigenvalue weighted by Crippen LogP contribution is -2.50. The van der Waals surface area contributed by atoms with Gasteiger partial charge in [-0.25, -0.2) is 0 Å². The molecule has 4 heteroatoms. The Morgan fingerprint density at radius 1 is 1.61 bits per heavy atom. The molecule has 1 fully saturated rings. The largest absolute Gasteiger partial charge is 0.480 e. The highest BCUT2D eigenvalue weighted by molar-refractivity contribution is 5.79. The summed E-state index contributed by atoms with van der Waals surface area (Å²) in [5.41, 5.74) is 0.530. The average Bonchev–Trinajstić information content (AvgIpc) is 2.81. The molecule has 2 heterocycles. The first-order valence-corrected chi connectivity index (χ1v) is 6.56. The van der Waals surface area contributed by atoms with Crippen LogP contribution in [0.5, 0.6) is 0 Å². The number of aliphatic carboxylic acids is 1. The van der Waals surface area contributed by atoms with Crippen LogP contribution < -0.4 is 0 Å². The highest BCUT2D eigenvalue weighted by atomic mass is 16.4. The number of hydrogen-bond acceptors (Lipinski definition) is 3. The van der Waals surface area contributed by atoms with Crippen LogP contribution in [0.15, 0.2) is 24.5 Å². The van der Waals surface area contributed by atoms with E-state index in [-0.39, 0.29) is 0 Å². The van der Waals surface area contributed by atoms with E-state index in [1.807, 2.05) is 25.3 Å². The standard InChI is InChI=1S/C14H20N2O2/c1-2-14(13(17)18)7-4-9-16(14)10-6-12-5-3-8-15-11-12/h3,5,8,11H,2,4,6-7,9-10H2,1H3,(H,17,18). The topological polar surface area (TPSA) is 53.4 Å². The zero-order chi connectivity index (χ0) is 13.0. The molecule has 4 nitrogen and oxygen atoms in total. The van der Waals surface area contributed by atoms with Crippen molar-refractivity contribution in [2.75, 3.05) is 13.1 Å². The normalized spacial score (nSPS) is 24.3. The van der Waals surface area contributed by atoms with Gasteiger partial charge in [-0.2, -0.15) is 0 Å². The van der Waals surface area contributed by atoms with Gasteiger partial charge in [0.2, 0.25) is 0 Å². The number of rotatable bonds is 5. The van der Waals surface area contributed by atoms with Crippen molar-refractivity contribution in [3.63, 3.8) is 0 Å². The molecular formula is C14H20N2O2. The summed E-state index contributed by atoms with van der Waals surface area (Å²) in [6.07, 6.45) is 6.90. The third-order valence-corrected chi connectivity index (χ3v) is 4.00. The molecule has 0 radical (unpaired) electrons. The van der Waals surface area contributed by atoms with Crippen molar-refractivity contribution in [3.05, 3.63) is 30.1 Å². The predicted octanol–water partition coefficient (Wildman–Crippen LogP) is 1.95. The summed E-state index contributed by atoms with van der Waals surface area (Å²) in [5, 5.41) is 9.48. The Hall–Kier alpha value is -1.42. The molecule has 18 heavy (non-hydrogen) atoms. The van der Waals surface area contributed by atoms with Gasteiger partial charge in [0.15, 0.2) is 0 Å². The maximum Gasteiger partial charge on any atom is 0.324 e. The second kappa shape index (κ2) is 5.48. The molecule has 1 unspecified atom stereocenters. The van der Waals surface area contributed by atoms with Crippen LogP contribution in [0.1, 0.15) is 31.7 Å². The number of carbonyl (C=O) groups is 1. The maximum absolute atomic E-state index is 11.5. The molecule has 0 spiro atoms. The lowest BCUT2D eigenvalue weighted by Gasteiger charge is -2.33. The Labute approximate surface area is 108 Å².